The molecule has 0 saturated carbocycles. The SMILES string of the molecule is Cc1ccc(CC(=O)NCCN2CCC(O)(c3cccc(F)c3)CC2)cc1. The lowest BCUT2D eigenvalue weighted by molar-refractivity contribution is -0.120. The van der Waals surface area contributed by atoms with E-state index in [2.05, 4.69) is 10.2 Å². The molecule has 1 aliphatic rings. The molecule has 1 amide bonds. The molecule has 4 nitrogen and oxygen atoms in total. The molecule has 2 aromatic carbocycles. The highest BCUT2D eigenvalue weighted by molar-refractivity contribution is 5.78. The number of nitrogens with one attached hydrogen (secondary N) is 1. The molecule has 1 aliphatic heterocycles. The largest absolute Gasteiger partial charge is 0.385 e. The standard InChI is InChI=1S/C22H27FN2O2/c1-17-5-7-18(8-6-17)15-21(26)24-11-14-25-12-9-22(27,10-13-25)19-3-2-4-20(23)16-19/h2-8,16,27H,9-15H2,1H3,(H,24,26). The fourth-order valence-corrected chi connectivity index (χ4v) is 3.52. The van der Waals surface area contributed by atoms with Crippen LogP contribution in [0.4, 0.5) is 4.39 Å². The van der Waals surface area contributed by atoms with Crippen molar-refractivity contribution >= 4 is 5.91 Å². The highest BCUT2D eigenvalue weighted by atomic mass is 19.1. The topological polar surface area (TPSA) is 52.6 Å². The molecule has 0 radical (unpaired) electrons. The summed E-state index contributed by atoms with van der Waals surface area (Å²) >= 11 is 0. The van der Waals surface area contributed by atoms with Crippen LogP contribution in [-0.4, -0.2) is 42.1 Å². The maximum atomic E-state index is 13.4. The zero-order valence-electron chi connectivity index (χ0n) is 15.7. The number of hydrogen-bond acceptors (Lipinski definition) is 3. The van der Waals surface area contributed by atoms with E-state index in [4.69, 9.17) is 0 Å². The van der Waals surface area contributed by atoms with E-state index in [1.165, 1.54) is 17.7 Å². The minimum Gasteiger partial charge on any atom is -0.385 e. The number of halogens is 1. The number of carbonyl (C=O) groups excluding carboxylic acids is 1. The van der Waals surface area contributed by atoms with Crippen LogP contribution in [-0.2, 0) is 16.8 Å². The van der Waals surface area contributed by atoms with Gasteiger partial charge in [-0.1, -0.05) is 42.0 Å². The molecule has 2 N–H and O–H groups in total. The number of aliphatic hydroxyl groups is 1. The molecule has 1 fully saturated rings. The number of amides is 1. The number of carbonyl (C=O) groups is 1. The second kappa shape index (κ2) is 8.63. The zero-order valence-corrected chi connectivity index (χ0v) is 15.7. The Morgan fingerprint density at radius 1 is 1.19 bits per heavy atom. The Labute approximate surface area is 160 Å². The molecular weight excluding hydrogens is 343 g/mol. The molecule has 1 saturated heterocycles. The van der Waals surface area contributed by atoms with Crippen molar-refractivity contribution in [1.82, 2.24) is 10.2 Å². The van der Waals surface area contributed by atoms with Gasteiger partial charge in [-0.05, 0) is 43.0 Å². The number of benzene rings is 2. The Morgan fingerprint density at radius 3 is 2.56 bits per heavy atom. The van der Waals surface area contributed by atoms with Crippen LogP contribution in [0.25, 0.3) is 0 Å². The molecule has 0 spiro atoms. The maximum Gasteiger partial charge on any atom is 0.224 e. The second-order valence-electron chi connectivity index (χ2n) is 7.40. The number of piperidine rings is 1. The molecule has 0 aromatic heterocycles. The van der Waals surface area contributed by atoms with Crippen molar-refractivity contribution < 1.29 is 14.3 Å². The maximum absolute atomic E-state index is 13.4. The minimum absolute atomic E-state index is 0.0205. The van der Waals surface area contributed by atoms with Gasteiger partial charge < -0.3 is 15.3 Å². The van der Waals surface area contributed by atoms with Gasteiger partial charge in [0.25, 0.3) is 0 Å². The van der Waals surface area contributed by atoms with Gasteiger partial charge in [-0.3, -0.25) is 4.79 Å². The van der Waals surface area contributed by atoms with Gasteiger partial charge in [0.05, 0.1) is 12.0 Å². The Morgan fingerprint density at radius 2 is 1.89 bits per heavy atom. The molecule has 0 atom stereocenters. The summed E-state index contributed by atoms with van der Waals surface area (Å²) in [5.41, 5.74) is 1.88. The summed E-state index contributed by atoms with van der Waals surface area (Å²) < 4.78 is 13.4. The van der Waals surface area contributed by atoms with E-state index in [9.17, 15) is 14.3 Å². The zero-order chi connectivity index (χ0) is 19.3. The quantitative estimate of drug-likeness (QED) is 0.822. The minimum atomic E-state index is -0.965. The van der Waals surface area contributed by atoms with E-state index < -0.39 is 5.60 Å². The van der Waals surface area contributed by atoms with Crippen LogP contribution in [0, 0.1) is 12.7 Å². The predicted molar refractivity (Wildman–Crippen MR) is 104 cm³/mol. The van der Waals surface area contributed by atoms with Gasteiger partial charge >= 0.3 is 0 Å². The number of rotatable bonds is 6. The molecule has 2 aromatic rings. The van der Waals surface area contributed by atoms with Crippen molar-refractivity contribution in [2.75, 3.05) is 26.2 Å². The van der Waals surface area contributed by atoms with E-state index in [1.807, 2.05) is 31.2 Å². The highest BCUT2D eigenvalue weighted by Gasteiger charge is 2.33. The monoisotopic (exact) mass is 370 g/mol. The van der Waals surface area contributed by atoms with Crippen molar-refractivity contribution in [3.8, 4) is 0 Å². The Balaban J connectivity index is 1.40. The molecule has 144 valence electrons. The normalized spacial score (nSPS) is 16.9. The molecule has 0 aliphatic carbocycles. The number of nitrogens with zero attached hydrogens (tertiary/aromatic N) is 1. The van der Waals surface area contributed by atoms with Gasteiger partial charge in [0, 0.05) is 26.2 Å². The first-order valence-electron chi connectivity index (χ1n) is 9.48. The van der Waals surface area contributed by atoms with Gasteiger partial charge in [0.15, 0.2) is 0 Å². The van der Waals surface area contributed by atoms with Crippen molar-refractivity contribution in [3.05, 3.63) is 71.0 Å². The molecule has 0 unspecified atom stereocenters. The second-order valence-corrected chi connectivity index (χ2v) is 7.40. The lowest BCUT2D eigenvalue weighted by Gasteiger charge is -2.38. The molecular formula is C22H27FN2O2. The van der Waals surface area contributed by atoms with Crippen molar-refractivity contribution in [2.45, 2.75) is 31.8 Å². The molecule has 27 heavy (non-hydrogen) atoms. The fourth-order valence-electron chi connectivity index (χ4n) is 3.52. The highest BCUT2D eigenvalue weighted by Crippen LogP contribution is 2.32. The van der Waals surface area contributed by atoms with Crippen molar-refractivity contribution in [3.63, 3.8) is 0 Å². The van der Waals surface area contributed by atoms with E-state index in [0.717, 1.165) is 25.2 Å². The van der Waals surface area contributed by atoms with E-state index in [1.54, 1.807) is 12.1 Å². The summed E-state index contributed by atoms with van der Waals surface area (Å²) in [5.74, 6) is -0.299. The van der Waals surface area contributed by atoms with Crippen LogP contribution in [0.15, 0.2) is 48.5 Å². The summed E-state index contributed by atoms with van der Waals surface area (Å²) in [7, 11) is 0. The molecule has 1 heterocycles. The average molecular weight is 370 g/mol. The summed E-state index contributed by atoms with van der Waals surface area (Å²) in [6.45, 7) is 4.81. The molecule has 5 heteroatoms. The summed E-state index contributed by atoms with van der Waals surface area (Å²) in [5, 5.41) is 13.8. The summed E-state index contributed by atoms with van der Waals surface area (Å²) in [6.07, 6.45) is 1.52. The smallest absolute Gasteiger partial charge is 0.224 e. The van der Waals surface area contributed by atoms with Gasteiger partial charge in [0.1, 0.15) is 5.82 Å². The fraction of sp³-hybridized carbons (Fsp3) is 0.409. The first-order valence-corrected chi connectivity index (χ1v) is 9.48. The summed E-state index contributed by atoms with van der Waals surface area (Å²) in [6, 6.07) is 14.2. The number of hydrogen-bond donors (Lipinski definition) is 2. The molecule has 3 rings (SSSR count). The van der Waals surface area contributed by atoms with E-state index >= 15 is 0 Å². The Kier molecular flexibility index (Phi) is 6.24. The average Bonchev–Trinajstić information content (AvgIpc) is 2.65. The number of likely N-dealkylation sites (tertiary alicyclic amines) is 1. The van der Waals surface area contributed by atoms with Crippen molar-refractivity contribution in [1.29, 1.82) is 0 Å². The van der Waals surface area contributed by atoms with E-state index in [-0.39, 0.29) is 11.7 Å². The first kappa shape index (κ1) is 19.5. The summed E-state index contributed by atoms with van der Waals surface area (Å²) in [4.78, 5) is 14.3. The number of aryl methyl sites for hydroxylation is 1. The van der Waals surface area contributed by atoms with E-state index in [0.29, 0.717) is 31.4 Å². The molecule has 0 bridgehead atoms. The van der Waals surface area contributed by atoms with Crippen LogP contribution in [0.2, 0.25) is 0 Å². The van der Waals surface area contributed by atoms with Crippen LogP contribution in [0.3, 0.4) is 0 Å². The lowest BCUT2D eigenvalue weighted by Crippen LogP contribution is -2.45. The third-order valence-electron chi connectivity index (χ3n) is 5.28. The van der Waals surface area contributed by atoms with Gasteiger partial charge in [-0.25, -0.2) is 4.39 Å². The lowest BCUT2D eigenvalue weighted by atomic mass is 9.84. The van der Waals surface area contributed by atoms with Gasteiger partial charge in [0.2, 0.25) is 5.91 Å². The van der Waals surface area contributed by atoms with Gasteiger partial charge in [-0.15, -0.1) is 0 Å². The van der Waals surface area contributed by atoms with Crippen LogP contribution in [0.5, 0.6) is 0 Å². The third kappa shape index (κ3) is 5.37. The van der Waals surface area contributed by atoms with Crippen LogP contribution < -0.4 is 5.32 Å². The van der Waals surface area contributed by atoms with Crippen molar-refractivity contribution in [2.24, 2.45) is 0 Å². The Bertz CT molecular complexity index is 768. The predicted octanol–water partition coefficient (Wildman–Crippen LogP) is 2.78. The Hall–Kier alpha value is -2.24. The van der Waals surface area contributed by atoms with Crippen LogP contribution >= 0.6 is 0 Å². The first-order chi connectivity index (χ1) is 12.9. The third-order valence-corrected chi connectivity index (χ3v) is 5.28. The van der Waals surface area contributed by atoms with Crippen LogP contribution in [0.1, 0.15) is 29.5 Å². The van der Waals surface area contributed by atoms with Gasteiger partial charge in [-0.2, -0.15) is 0 Å².